The number of hydrogen-bond donors (Lipinski definition) is 0. The lowest BCUT2D eigenvalue weighted by atomic mass is 10.2. The molecule has 4 aromatic rings. The highest BCUT2D eigenvalue weighted by Gasteiger charge is 2.15. The quantitative estimate of drug-likeness (QED) is 0.564. The average Bonchev–Trinajstić information content (AvgIpc) is 3.28. The SMILES string of the molecule is COc1ccccc1C=Cc1nn2c(-c3ccoc3C)nnc2s1. The second-order valence-electron chi connectivity index (χ2n) is 5.12. The van der Waals surface area contributed by atoms with Crippen LogP contribution >= 0.6 is 11.3 Å². The summed E-state index contributed by atoms with van der Waals surface area (Å²) in [7, 11) is 1.66. The molecule has 1 aromatic carbocycles. The molecule has 0 saturated carbocycles. The van der Waals surface area contributed by atoms with Gasteiger partial charge in [-0.05, 0) is 31.2 Å². The molecule has 0 spiro atoms. The molecular weight excluding hydrogens is 324 g/mol. The molecule has 0 atom stereocenters. The van der Waals surface area contributed by atoms with E-state index in [0.29, 0.717) is 5.82 Å². The van der Waals surface area contributed by atoms with E-state index in [2.05, 4.69) is 15.3 Å². The monoisotopic (exact) mass is 338 g/mol. The highest BCUT2D eigenvalue weighted by atomic mass is 32.1. The van der Waals surface area contributed by atoms with Crippen LogP contribution < -0.4 is 4.74 Å². The Kier molecular flexibility index (Phi) is 3.62. The van der Waals surface area contributed by atoms with Gasteiger partial charge in [0.05, 0.1) is 18.9 Å². The Morgan fingerprint density at radius 1 is 1.17 bits per heavy atom. The van der Waals surface area contributed by atoms with Crippen LogP contribution in [0.5, 0.6) is 5.75 Å². The number of fused-ring (bicyclic) bond motifs is 1. The van der Waals surface area contributed by atoms with Gasteiger partial charge in [-0.25, -0.2) is 0 Å². The van der Waals surface area contributed by atoms with Crippen molar-refractivity contribution in [2.45, 2.75) is 6.92 Å². The summed E-state index contributed by atoms with van der Waals surface area (Å²) in [6.45, 7) is 1.89. The molecule has 120 valence electrons. The summed E-state index contributed by atoms with van der Waals surface area (Å²) in [4.78, 5) is 0.741. The maximum absolute atomic E-state index is 5.35. The summed E-state index contributed by atoms with van der Waals surface area (Å²) < 4.78 is 12.4. The zero-order chi connectivity index (χ0) is 16.5. The Bertz CT molecular complexity index is 1030. The number of ether oxygens (including phenoxy) is 1. The molecular formula is C17H14N4O2S. The molecule has 3 heterocycles. The fraction of sp³-hybridized carbons (Fsp3) is 0.118. The van der Waals surface area contributed by atoms with Gasteiger partial charge in [-0.2, -0.15) is 9.61 Å². The van der Waals surface area contributed by atoms with Gasteiger partial charge in [0.2, 0.25) is 4.96 Å². The predicted molar refractivity (Wildman–Crippen MR) is 93.0 cm³/mol. The van der Waals surface area contributed by atoms with E-state index in [1.54, 1.807) is 17.9 Å². The van der Waals surface area contributed by atoms with Crippen molar-refractivity contribution in [3.63, 3.8) is 0 Å². The Labute approximate surface area is 142 Å². The number of benzene rings is 1. The molecule has 0 N–H and O–H groups in total. The first-order valence-electron chi connectivity index (χ1n) is 7.34. The molecule has 0 saturated heterocycles. The lowest BCUT2D eigenvalue weighted by molar-refractivity contribution is 0.414. The zero-order valence-electron chi connectivity index (χ0n) is 13.1. The summed E-state index contributed by atoms with van der Waals surface area (Å²) in [5.74, 6) is 2.30. The lowest BCUT2D eigenvalue weighted by Crippen LogP contribution is -1.90. The third kappa shape index (κ3) is 2.48. The van der Waals surface area contributed by atoms with Crippen LogP contribution in [0.15, 0.2) is 41.0 Å². The van der Waals surface area contributed by atoms with Gasteiger partial charge in [0, 0.05) is 5.56 Å². The fourth-order valence-electron chi connectivity index (χ4n) is 2.45. The largest absolute Gasteiger partial charge is 0.496 e. The second-order valence-corrected chi connectivity index (χ2v) is 6.11. The first kappa shape index (κ1) is 14.6. The molecule has 4 rings (SSSR count). The molecule has 24 heavy (non-hydrogen) atoms. The third-order valence-electron chi connectivity index (χ3n) is 3.65. The Morgan fingerprint density at radius 2 is 2.04 bits per heavy atom. The first-order valence-corrected chi connectivity index (χ1v) is 8.16. The third-order valence-corrected chi connectivity index (χ3v) is 4.51. The highest BCUT2D eigenvalue weighted by molar-refractivity contribution is 7.17. The van der Waals surface area contributed by atoms with E-state index < -0.39 is 0 Å². The van der Waals surface area contributed by atoms with Gasteiger partial charge in [0.1, 0.15) is 16.5 Å². The minimum absolute atomic E-state index is 0.685. The number of aromatic nitrogens is 4. The average molecular weight is 338 g/mol. The van der Waals surface area contributed by atoms with Crippen molar-refractivity contribution in [2.75, 3.05) is 7.11 Å². The Balaban J connectivity index is 1.70. The second kappa shape index (κ2) is 5.93. The maximum atomic E-state index is 5.35. The van der Waals surface area contributed by atoms with E-state index >= 15 is 0 Å². The van der Waals surface area contributed by atoms with Gasteiger partial charge >= 0.3 is 0 Å². The van der Waals surface area contributed by atoms with Crippen molar-refractivity contribution in [3.05, 3.63) is 52.9 Å². The van der Waals surface area contributed by atoms with Crippen molar-refractivity contribution in [1.29, 1.82) is 0 Å². The van der Waals surface area contributed by atoms with E-state index in [9.17, 15) is 0 Å². The molecule has 0 aliphatic heterocycles. The fourth-order valence-corrected chi connectivity index (χ4v) is 3.19. The van der Waals surface area contributed by atoms with Crippen LogP contribution in [0.2, 0.25) is 0 Å². The van der Waals surface area contributed by atoms with Gasteiger partial charge in [-0.15, -0.1) is 10.2 Å². The predicted octanol–water partition coefficient (Wildman–Crippen LogP) is 3.93. The van der Waals surface area contributed by atoms with Crippen LogP contribution in [-0.2, 0) is 0 Å². The molecule has 6 nitrogen and oxygen atoms in total. The number of rotatable bonds is 4. The van der Waals surface area contributed by atoms with E-state index in [0.717, 1.165) is 32.6 Å². The zero-order valence-corrected chi connectivity index (χ0v) is 13.9. The number of methoxy groups -OCH3 is 1. The minimum Gasteiger partial charge on any atom is -0.496 e. The molecule has 3 aromatic heterocycles. The van der Waals surface area contributed by atoms with Crippen LogP contribution in [0.3, 0.4) is 0 Å². The molecule has 0 radical (unpaired) electrons. The summed E-state index contributed by atoms with van der Waals surface area (Å²) in [6.07, 6.45) is 5.57. The number of para-hydroxylation sites is 1. The van der Waals surface area contributed by atoms with Gasteiger partial charge in [-0.3, -0.25) is 0 Å². The normalized spacial score (nSPS) is 11.6. The van der Waals surface area contributed by atoms with Gasteiger partial charge < -0.3 is 9.15 Å². The lowest BCUT2D eigenvalue weighted by Gasteiger charge is -2.02. The summed E-state index contributed by atoms with van der Waals surface area (Å²) in [6, 6.07) is 9.71. The summed E-state index contributed by atoms with van der Waals surface area (Å²) in [5.41, 5.74) is 1.89. The minimum atomic E-state index is 0.685. The maximum Gasteiger partial charge on any atom is 0.235 e. The van der Waals surface area contributed by atoms with Gasteiger partial charge in [-0.1, -0.05) is 29.5 Å². The Morgan fingerprint density at radius 3 is 2.83 bits per heavy atom. The highest BCUT2D eigenvalue weighted by Crippen LogP contribution is 2.26. The number of aryl methyl sites for hydroxylation is 1. The van der Waals surface area contributed by atoms with Crippen LogP contribution in [0.1, 0.15) is 16.3 Å². The smallest absolute Gasteiger partial charge is 0.235 e. The standard InChI is InChI=1S/C17H14N4O2S/c1-11-13(9-10-23-11)16-18-19-17-21(16)20-15(24-17)8-7-12-5-3-4-6-14(12)22-2/h3-10H,1-2H3. The molecule has 0 aliphatic carbocycles. The van der Waals surface area contributed by atoms with Crippen molar-refractivity contribution in [1.82, 2.24) is 19.8 Å². The van der Waals surface area contributed by atoms with Crippen LogP contribution in [0.25, 0.3) is 28.5 Å². The van der Waals surface area contributed by atoms with Crippen LogP contribution in [-0.4, -0.2) is 26.9 Å². The van der Waals surface area contributed by atoms with Crippen LogP contribution in [0, 0.1) is 6.92 Å². The number of hydrogen-bond acceptors (Lipinski definition) is 6. The van der Waals surface area contributed by atoms with Crippen molar-refractivity contribution >= 4 is 28.4 Å². The molecule has 0 unspecified atom stereocenters. The first-order chi connectivity index (χ1) is 11.8. The molecule has 0 fully saturated rings. The number of furan rings is 1. The van der Waals surface area contributed by atoms with Gasteiger partial charge in [0.25, 0.3) is 0 Å². The van der Waals surface area contributed by atoms with E-state index in [1.807, 2.05) is 49.4 Å². The van der Waals surface area contributed by atoms with E-state index in [-0.39, 0.29) is 0 Å². The van der Waals surface area contributed by atoms with Gasteiger partial charge in [0.15, 0.2) is 5.82 Å². The van der Waals surface area contributed by atoms with Crippen molar-refractivity contribution in [3.8, 4) is 17.1 Å². The van der Waals surface area contributed by atoms with Crippen molar-refractivity contribution in [2.24, 2.45) is 0 Å². The molecule has 7 heteroatoms. The Hall–Kier alpha value is -2.93. The topological polar surface area (TPSA) is 65.5 Å². The molecule has 0 amide bonds. The van der Waals surface area contributed by atoms with E-state index in [1.165, 1.54) is 11.3 Å². The van der Waals surface area contributed by atoms with Crippen LogP contribution in [0.4, 0.5) is 0 Å². The number of nitrogens with zero attached hydrogens (tertiary/aromatic N) is 4. The summed E-state index contributed by atoms with van der Waals surface area (Å²) in [5, 5.41) is 13.8. The molecule has 0 bridgehead atoms. The van der Waals surface area contributed by atoms with E-state index in [4.69, 9.17) is 9.15 Å². The summed E-state index contributed by atoms with van der Waals surface area (Å²) >= 11 is 1.47. The van der Waals surface area contributed by atoms with Crippen molar-refractivity contribution < 1.29 is 9.15 Å². The molecule has 0 aliphatic rings.